The van der Waals surface area contributed by atoms with E-state index in [2.05, 4.69) is 49.8 Å². The predicted octanol–water partition coefficient (Wildman–Crippen LogP) is 5.63. The molecule has 0 unspecified atom stereocenters. The number of imidazole rings is 1. The Morgan fingerprint density at radius 3 is 2.65 bits per heavy atom. The van der Waals surface area contributed by atoms with E-state index >= 15 is 0 Å². The molecule has 2 aromatic heterocycles. The molecule has 3 heterocycles. The SMILES string of the molecule is Cn1c(Nc2c(Cl)cc(F)cc2Cl)nc2cnc(N[C@@H]3CCCN(Cc4ccccc4)C3)nc21. The molecule has 2 N–H and O–H groups in total. The van der Waals surface area contributed by atoms with Gasteiger partial charge in [-0.2, -0.15) is 4.98 Å². The Labute approximate surface area is 206 Å². The van der Waals surface area contributed by atoms with Gasteiger partial charge in [0.1, 0.15) is 11.3 Å². The minimum absolute atomic E-state index is 0.169. The van der Waals surface area contributed by atoms with E-state index in [0.29, 0.717) is 28.7 Å². The number of aryl methyl sites for hydroxylation is 1. The molecule has 1 saturated heterocycles. The zero-order valence-electron chi connectivity index (χ0n) is 18.6. The highest BCUT2D eigenvalue weighted by molar-refractivity contribution is 6.39. The summed E-state index contributed by atoms with van der Waals surface area (Å²) in [7, 11) is 1.84. The lowest BCUT2D eigenvalue weighted by Gasteiger charge is -2.33. The van der Waals surface area contributed by atoms with Gasteiger partial charge in [-0.1, -0.05) is 53.5 Å². The van der Waals surface area contributed by atoms with Gasteiger partial charge in [0.05, 0.1) is 21.9 Å². The summed E-state index contributed by atoms with van der Waals surface area (Å²) in [5, 5.41) is 6.91. The fourth-order valence-electron chi connectivity index (χ4n) is 4.28. The second-order valence-electron chi connectivity index (χ2n) is 8.47. The van der Waals surface area contributed by atoms with Gasteiger partial charge in [0.25, 0.3) is 0 Å². The molecule has 2 aromatic carbocycles. The Morgan fingerprint density at radius 1 is 1.12 bits per heavy atom. The first-order chi connectivity index (χ1) is 16.5. The van der Waals surface area contributed by atoms with Crippen LogP contribution in [0.2, 0.25) is 10.0 Å². The minimum Gasteiger partial charge on any atom is -0.350 e. The summed E-state index contributed by atoms with van der Waals surface area (Å²) in [5.41, 5.74) is 2.98. The number of likely N-dealkylation sites (tertiary alicyclic amines) is 1. The summed E-state index contributed by atoms with van der Waals surface area (Å²) in [6.07, 6.45) is 3.87. The number of benzene rings is 2. The number of hydrogen-bond acceptors (Lipinski definition) is 6. The molecular formula is C24H24Cl2FN7. The molecule has 4 aromatic rings. The van der Waals surface area contributed by atoms with Gasteiger partial charge in [0.2, 0.25) is 11.9 Å². The van der Waals surface area contributed by atoms with E-state index in [1.165, 1.54) is 17.7 Å². The van der Waals surface area contributed by atoms with Crippen LogP contribution in [0.5, 0.6) is 0 Å². The quantitative estimate of drug-likeness (QED) is 0.358. The van der Waals surface area contributed by atoms with E-state index < -0.39 is 5.82 Å². The number of fused-ring (bicyclic) bond motifs is 1. The molecular weight excluding hydrogens is 476 g/mol. The standard InChI is InChI=1S/C24H24Cl2FN7/c1-33-22-20(30-24(33)31-21-18(25)10-16(27)11-19(21)26)12-28-23(32-22)29-17-8-5-9-34(14-17)13-15-6-3-2-4-7-15/h2-4,6-7,10-12,17H,5,8-9,13-14H2,1H3,(H,30,31)(H,28,29,32)/t17-/m1/s1. The van der Waals surface area contributed by atoms with E-state index in [-0.39, 0.29) is 16.1 Å². The summed E-state index contributed by atoms with van der Waals surface area (Å²) in [5.74, 6) is 0.534. The molecule has 7 nitrogen and oxygen atoms in total. The molecule has 1 atom stereocenters. The molecule has 0 spiro atoms. The van der Waals surface area contributed by atoms with Gasteiger partial charge in [-0.05, 0) is 37.1 Å². The maximum atomic E-state index is 13.5. The maximum Gasteiger partial charge on any atom is 0.225 e. The fraction of sp³-hybridized carbons (Fsp3) is 0.292. The summed E-state index contributed by atoms with van der Waals surface area (Å²) < 4.78 is 15.3. The van der Waals surface area contributed by atoms with E-state index in [0.717, 1.165) is 32.5 Å². The van der Waals surface area contributed by atoms with Crippen molar-refractivity contribution < 1.29 is 4.39 Å². The van der Waals surface area contributed by atoms with Gasteiger partial charge in [0.15, 0.2) is 5.65 Å². The van der Waals surface area contributed by atoms with Crippen molar-refractivity contribution in [2.75, 3.05) is 23.7 Å². The number of piperidine rings is 1. The molecule has 176 valence electrons. The summed E-state index contributed by atoms with van der Waals surface area (Å²) in [4.78, 5) is 16.2. The van der Waals surface area contributed by atoms with E-state index in [9.17, 15) is 4.39 Å². The largest absolute Gasteiger partial charge is 0.350 e. The second-order valence-corrected chi connectivity index (χ2v) is 9.28. The van der Waals surface area contributed by atoms with Gasteiger partial charge in [-0.25, -0.2) is 14.4 Å². The van der Waals surface area contributed by atoms with Crippen LogP contribution in [-0.2, 0) is 13.6 Å². The maximum absolute atomic E-state index is 13.5. The average Bonchev–Trinajstić information content (AvgIpc) is 3.12. The van der Waals surface area contributed by atoms with Crippen molar-refractivity contribution >= 4 is 51.9 Å². The van der Waals surface area contributed by atoms with Crippen LogP contribution in [0.25, 0.3) is 11.2 Å². The van der Waals surface area contributed by atoms with Crippen LogP contribution in [-0.4, -0.2) is 43.6 Å². The summed E-state index contributed by atoms with van der Waals surface area (Å²) in [6.45, 7) is 2.94. The molecule has 1 aliphatic rings. The number of nitrogens with one attached hydrogen (secondary N) is 2. The Kier molecular flexibility index (Phi) is 6.54. The van der Waals surface area contributed by atoms with Gasteiger partial charge in [-0.15, -0.1) is 0 Å². The molecule has 10 heteroatoms. The zero-order chi connectivity index (χ0) is 23.7. The lowest BCUT2D eigenvalue weighted by atomic mass is 10.0. The second kappa shape index (κ2) is 9.74. The van der Waals surface area contributed by atoms with E-state index in [4.69, 9.17) is 28.2 Å². The molecule has 1 fully saturated rings. The van der Waals surface area contributed by atoms with Crippen molar-refractivity contribution in [2.24, 2.45) is 7.05 Å². The van der Waals surface area contributed by atoms with Crippen LogP contribution in [0.3, 0.4) is 0 Å². The Hall–Kier alpha value is -2.94. The van der Waals surface area contributed by atoms with Crippen molar-refractivity contribution in [1.82, 2.24) is 24.4 Å². The van der Waals surface area contributed by atoms with Crippen molar-refractivity contribution in [1.29, 1.82) is 0 Å². The Balaban J connectivity index is 1.31. The highest BCUT2D eigenvalue weighted by Gasteiger charge is 2.21. The highest BCUT2D eigenvalue weighted by Crippen LogP contribution is 2.34. The fourth-order valence-corrected chi connectivity index (χ4v) is 4.83. The highest BCUT2D eigenvalue weighted by atomic mass is 35.5. The van der Waals surface area contributed by atoms with Gasteiger partial charge < -0.3 is 10.6 Å². The van der Waals surface area contributed by atoms with Crippen LogP contribution in [0, 0.1) is 5.82 Å². The number of halogens is 3. The van der Waals surface area contributed by atoms with E-state index in [1.54, 1.807) is 10.8 Å². The normalized spacial score (nSPS) is 16.6. The van der Waals surface area contributed by atoms with Crippen molar-refractivity contribution in [2.45, 2.75) is 25.4 Å². The first-order valence-electron chi connectivity index (χ1n) is 11.1. The third-order valence-corrected chi connectivity index (χ3v) is 6.54. The first kappa shape index (κ1) is 22.8. The van der Waals surface area contributed by atoms with Crippen LogP contribution in [0.1, 0.15) is 18.4 Å². The number of hydrogen-bond donors (Lipinski definition) is 2. The first-order valence-corrected chi connectivity index (χ1v) is 11.9. The third-order valence-electron chi connectivity index (χ3n) is 5.94. The number of aromatic nitrogens is 4. The Bertz CT molecular complexity index is 1290. The zero-order valence-corrected chi connectivity index (χ0v) is 20.1. The monoisotopic (exact) mass is 499 g/mol. The van der Waals surface area contributed by atoms with Crippen LogP contribution < -0.4 is 10.6 Å². The lowest BCUT2D eigenvalue weighted by Crippen LogP contribution is -2.41. The molecule has 34 heavy (non-hydrogen) atoms. The molecule has 1 aliphatic heterocycles. The summed E-state index contributed by atoms with van der Waals surface area (Å²) in [6, 6.07) is 13.2. The topological polar surface area (TPSA) is 70.9 Å². The van der Waals surface area contributed by atoms with Crippen molar-refractivity contribution in [3.63, 3.8) is 0 Å². The molecule has 0 amide bonds. The minimum atomic E-state index is -0.503. The van der Waals surface area contributed by atoms with Crippen molar-refractivity contribution in [3.8, 4) is 0 Å². The number of anilines is 3. The van der Waals surface area contributed by atoms with Gasteiger partial charge >= 0.3 is 0 Å². The smallest absolute Gasteiger partial charge is 0.225 e. The van der Waals surface area contributed by atoms with Gasteiger partial charge in [-0.3, -0.25) is 9.47 Å². The number of nitrogens with zero attached hydrogens (tertiary/aromatic N) is 5. The van der Waals surface area contributed by atoms with Crippen LogP contribution >= 0.6 is 23.2 Å². The molecule has 5 rings (SSSR count). The Morgan fingerprint density at radius 2 is 1.88 bits per heavy atom. The van der Waals surface area contributed by atoms with Gasteiger partial charge in [0, 0.05) is 26.2 Å². The third kappa shape index (κ3) is 4.94. The van der Waals surface area contributed by atoms with E-state index in [1.807, 2.05) is 13.1 Å². The average molecular weight is 500 g/mol. The molecule has 0 aliphatic carbocycles. The summed E-state index contributed by atoms with van der Waals surface area (Å²) >= 11 is 12.3. The van der Waals surface area contributed by atoms with Crippen LogP contribution in [0.4, 0.5) is 22.0 Å². The van der Waals surface area contributed by atoms with Crippen LogP contribution in [0.15, 0.2) is 48.7 Å². The number of rotatable bonds is 6. The molecule has 0 bridgehead atoms. The predicted molar refractivity (Wildman–Crippen MR) is 134 cm³/mol. The van der Waals surface area contributed by atoms with Crippen molar-refractivity contribution in [3.05, 3.63) is 70.1 Å². The molecule has 0 saturated carbocycles. The lowest BCUT2D eigenvalue weighted by molar-refractivity contribution is 0.208. The molecule has 0 radical (unpaired) electrons.